The van der Waals surface area contributed by atoms with Gasteiger partial charge in [0.05, 0.1) is 19.8 Å². The van der Waals surface area contributed by atoms with Crippen molar-refractivity contribution in [2.45, 2.75) is 25.8 Å². The van der Waals surface area contributed by atoms with E-state index in [1.165, 1.54) is 5.56 Å². The molecule has 0 aliphatic rings. The lowest BCUT2D eigenvalue weighted by Gasteiger charge is -2.14. The molecule has 0 spiro atoms. The molecule has 0 saturated carbocycles. The minimum absolute atomic E-state index is 0.0884. The van der Waals surface area contributed by atoms with Crippen molar-refractivity contribution in [1.29, 1.82) is 0 Å². The number of ether oxygens (including phenoxy) is 2. The molecule has 1 aromatic carbocycles. The summed E-state index contributed by atoms with van der Waals surface area (Å²) in [4.78, 5) is 0. The second-order valence-corrected chi connectivity index (χ2v) is 3.88. The first kappa shape index (κ1) is 13.0. The average Bonchev–Trinajstić information content (AvgIpc) is 2.30. The maximum Gasteiger partial charge on any atom is 0.122 e. The Balaban J connectivity index is 2.89. The molecular weight excluding hydrogens is 202 g/mol. The summed E-state index contributed by atoms with van der Waals surface area (Å²) in [5.41, 5.74) is 8.26. The molecule has 0 fully saturated rings. The highest BCUT2D eigenvalue weighted by Crippen LogP contribution is 2.24. The van der Waals surface area contributed by atoms with Crippen LogP contribution in [0.1, 0.15) is 30.5 Å². The second-order valence-electron chi connectivity index (χ2n) is 3.88. The van der Waals surface area contributed by atoms with Gasteiger partial charge >= 0.3 is 0 Å². The highest BCUT2D eigenvalue weighted by atomic mass is 16.5. The van der Waals surface area contributed by atoms with E-state index in [0.29, 0.717) is 6.61 Å². The molecule has 0 heterocycles. The van der Waals surface area contributed by atoms with E-state index in [-0.39, 0.29) is 6.04 Å². The lowest BCUT2D eigenvalue weighted by Crippen LogP contribution is -2.16. The van der Waals surface area contributed by atoms with E-state index in [1.807, 2.05) is 6.07 Å². The normalized spacial score (nSPS) is 12.5. The van der Waals surface area contributed by atoms with Gasteiger partial charge in [-0.2, -0.15) is 0 Å². The van der Waals surface area contributed by atoms with Crippen LogP contribution in [-0.4, -0.2) is 20.8 Å². The zero-order valence-electron chi connectivity index (χ0n) is 10.3. The SMILES string of the molecule is CCCc1ccc(C(N)COC)cc1OC. The molecule has 1 rings (SSSR count). The van der Waals surface area contributed by atoms with Gasteiger partial charge < -0.3 is 15.2 Å². The Morgan fingerprint density at radius 1 is 1.31 bits per heavy atom. The molecule has 2 N–H and O–H groups in total. The van der Waals surface area contributed by atoms with Crippen LogP contribution in [0.15, 0.2) is 18.2 Å². The molecular formula is C13H21NO2. The standard InChI is InChI=1S/C13H21NO2/c1-4-5-10-6-7-11(8-13(10)16-3)12(14)9-15-2/h6-8,12H,4-5,9,14H2,1-3H3. The molecule has 3 heteroatoms. The van der Waals surface area contributed by atoms with Crippen molar-refractivity contribution in [2.75, 3.05) is 20.8 Å². The van der Waals surface area contributed by atoms with Gasteiger partial charge in [0, 0.05) is 7.11 Å². The first-order valence-electron chi connectivity index (χ1n) is 5.64. The third-order valence-electron chi connectivity index (χ3n) is 2.60. The van der Waals surface area contributed by atoms with Crippen LogP contribution < -0.4 is 10.5 Å². The quantitative estimate of drug-likeness (QED) is 0.804. The first-order chi connectivity index (χ1) is 7.72. The summed E-state index contributed by atoms with van der Waals surface area (Å²) >= 11 is 0. The van der Waals surface area contributed by atoms with Gasteiger partial charge in [-0.05, 0) is 23.6 Å². The van der Waals surface area contributed by atoms with Gasteiger partial charge in [0.15, 0.2) is 0 Å². The number of hydrogen-bond donors (Lipinski definition) is 1. The van der Waals surface area contributed by atoms with Gasteiger partial charge in [-0.1, -0.05) is 25.5 Å². The highest BCUT2D eigenvalue weighted by molar-refractivity contribution is 5.38. The minimum atomic E-state index is -0.0884. The Kier molecular flexibility index (Phi) is 5.29. The van der Waals surface area contributed by atoms with Crippen molar-refractivity contribution in [3.05, 3.63) is 29.3 Å². The van der Waals surface area contributed by atoms with E-state index in [0.717, 1.165) is 24.2 Å². The van der Waals surface area contributed by atoms with Crippen LogP contribution in [0.2, 0.25) is 0 Å². The van der Waals surface area contributed by atoms with Crippen molar-refractivity contribution < 1.29 is 9.47 Å². The van der Waals surface area contributed by atoms with Crippen LogP contribution >= 0.6 is 0 Å². The summed E-state index contributed by atoms with van der Waals surface area (Å²) in [7, 11) is 3.35. The van der Waals surface area contributed by atoms with Gasteiger partial charge in [0.1, 0.15) is 5.75 Å². The summed E-state index contributed by atoms with van der Waals surface area (Å²) in [5, 5.41) is 0. The number of methoxy groups -OCH3 is 2. The summed E-state index contributed by atoms with van der Waals surface area (Å²) in [5.74, 6) is 0.922. The van der Waals surface area contributed by atoms with E-state index < -0.39 is 0 Å². The van der Waals surface area contributed by atoms with Gasteiger partial charge in [-0.3, -0.25) is 0 Å². The molecule has 0 bridgehead atoms. The highest BCUT2D eigenvalue weighted by Gasteiger charge is 2.09. The Hall–Kier alpha value is -1.06. The molecule has 1 aromatic rings. The Morgan fingerprint density at radius 2 is 2.06 bits per heavy atom. The molecule has 0 aliphatic carbocycles. The predicted molar refractivity (Wildman–Crippen MR) is 65.8 cm³/mol. The average molecular weight is 223 g/mol. The first-order valence-corrected chi connectivity index (χ1v) is 5.64. The number of nitrogens with two attached hydrogens (primary N) is 1. The smallest absolute Gasteiger partial charge is 0.122 e. The van der Waals surface area contributed by atoms with Crippen LogP contribution in [0, 0.1) is 0 Å². The summed E-state index contributed by atoms with van der Waals surface area (Å²) in [6, 6.07) is 6.06. The van der Waals surface area contributed by atoms with Crippen LogP contribution in [0.25, 0.3) is 0 Å². The number of rotatable bonds is 6. The lowest BCUT2D eigenvalue weighted by molar-refractivity contribution is 0.181. The van der Waals surface area contributed by atoms with E-state index in [2.05, 4.69) is 19.1 Å². The van der Waals surface area contributed by atoms with Crippen molar-refractivity contribution in [2.24, 2.45) is 5.73 Å². The van der Waals surface area contributed by atoms with E-state index in [1.54, 1.807) is 14.2 Å². The monoisotopic (exact) mass is 223 g/mol. The van der Waals surface area contributed by atoms with E-state index in [4.69, 9.17) is 15.2 Å². The van der Waals surface area contributed by atoms with Crippen molar-refractivity contribution >= 4 is 0 Å². The molecule has 1 atom stereocenters. The predicted octanol–water partition coefficient (Wildman–Crippen LogP) is 2.29. The van der Waals surface area contributed by atoms with Crippen molar-refractivity contribution in [3.63, 3.8) is 0 Å². The number of benzene rings is 1. The van der Waals surface area contributed by atoms with Crippen LogP contribution in [0.4, 0.5) is 0 Å². The maximum absolute atomic E-state index is 5.97. The zero-order chi connectivity index (χ0) is 12.0. The molecule has 0 saturated heterocycles. The Labute approximate surface area is 97.6 Å². The van der Waals surface area contributed by atoms with Crippen molar-refractivity contribution in [3.8, 4) is 5.75 Å². The third-order valence-corrected chi connectivity index (χ3v) is 2.60. The summed E-state index contributed by atoms with van der Waals surface area (Å²) in [6.45, 7) is 2.68. The molecule has 90 valence electrons. The number of aryl methyl sites for hydroxylation is 1. The summed E-state index contributed by atoms with van der Waals surface area (Å²) in [6.07, 6.45) is 2.14. The van der Waals surface area contributed by atoms with Gasteiger partial charge in [0.2, 0.25) is 0 Å². The maximum atomic E-state index is 5.97. The largest absolute Gasteiger partial charge is 0.496 e. The Bertz CT molecular complexity index is 326. The zero-order valence-corrected chi connectivity index (χ0v) is 10.3. The fraction of sp³-hybridized carbons (Fsp3) is 0.538. The van der Waals surface area contributed by atoms with Gasteiger partial charge in [0.25, 0.3) is 0 Å². The summed E-state index contributed by atoms with van der Waals surface area (Å²) < 4.78 is 10.4. The van der Waals surface area contributed by atoms with E-state index in [9.17, 15) is 0 Å². The van der Waals surface area contributed by atoms with Crippen LogP contribution in [-0.2, 0) is 11.2 Å². The molecule has 0 radical (unpaired) electrons. The van der Waals surface area contributed by atoms with E-state index >= 15 is 0 Å². The fourth-order valence-electron chi connectivity index (χ4n) is 1.74. The second kappa shape index (κ2) is 6.51. The molecule has 0 aliphatic heterocycles. The van der Waals surface area contributed by atoms with Crippen LogP contribution in [0.3, 0.4) is 0 Å². The third kappa shape index (κ3) is 3.22. The van der Waals surface area contributed by atoms with Crippen LogP contribution in [0.5, 0.6) is 5.75 Å². The fourth-order valence-corrected chi connectivity index (χ4v) is 1.74. The molecule has 0 aromatic heterocycles. The molecule has 3 nitrogen and oxygen atoms in total. The molecule has 1 unspecified atom stereocenters. The Morgan fingerprint density at radius 3 is 2.62 bits per heavy atom. The lowest BCUT2D eigenvalue weighted by atomic mass is 10.0. The van der Waals surface area contributed by atoms with Crippen molar-refractivity contribution in [1.82, 2.24) is 0 Å². The van der Waals surface area contributed by atoms with Gasteiger partial charge in [-0.15, -0.1) is 0 Å². The van der Waals surface area contributed by atoms with Gasteiger partial charge in [-0.25, -0.2) is 0 Å². The minimum Gasteiger partial charge on any atom is -0.496 e. The number of hydrogen-bond acceptors (Lipinski definition) is 3. The topological polar surface area (TPSA) is 44.5 Å². The molecule has 0 amide bonds. The molecule has 16 heavy (non-hydrogen) atoms.